The third-order valence-corrected chi connectivity index (χ3v) is 3.53. The van der Waals surface area contributed by atoms with E-state index in [0.29, 0.717) is 34.4 Å². The van der Waals surface area contributed by atoms with Gasteiger partial charge in [0.2, 0.25) is 0 Å². The average molecular weight is 299 g/mol. The van der Waals surface area contributed by atoms with Crippen LogP contribution >= 0.6 is 23.2 Å². The van der Waals surface area contributed by atoms with Crippen LogP contribution in [0.5, 0.6) is 5.75 Å². The molecule has 2 rings (SSSR count). The Labute approximate surface area is 121 Å². The van der Waals surface area contributed by atoms with Crippen LogP contribution in [0.3, 0.4) is 0 Å². The van der Waals surface area contributed by atoms with Crippen molar-refractivity contribution < 1.29 is 9.13 Å². The van der Waals surface area contributed by atoms with Crippen LogP contribution in [0.15, 0.2) is 36.4 Å². The SMILES string of the molecule is Cc1ccc(OCCc2ccc(Cl)c(Cl)c2)cc1F. The summed E-state index contributed by atoms with van der Waals surface area (Å²) in [7, 11) is 0. The molecule has 0 N–H and O–H groups in total. The van der Waals surface area contributed by atoms with E-state index in [1.807, 2.05) is 12.1 Å². The van der Waals surface area contributed by atoms with E-state index < -0.39 is 0 Å². The van der Waals surface area contributed by atoms with Crippen molar-refractivity contribution >= 4 is 23.2 Å². The van der Waals surface area contributed by atoms with Gasteiger partial charge in [-0.25, -0.2) is 4.39 Å². The van der Waals surface area contributed by atoms with Gasteiger partial charge in [0.15, 0.2) is 0 Å². The number of hydrogen-bond donors (Lipinski definition) is 0. The van der Waals surface area contributed by atoms with Gasteiger partial charge in [0, 0.05) is 12.5 Å². The Bertz CT molecular complexity index is 533. The average Bonchev–Trinajstić information content (AvgIpc) is 2.38. The summed E-state index contributed by atoms with van der Waals surface area (Å²) in [5.74, 6) is 0.273. The highest BCUT2D eigenvalue weighted by atomic mass is 35.5. The molecule has 0 spiro atoms. The molecule has 0 fully saturated rings. The van der Waals surface area contributed by atoms with Crippen LogP contribution in [0.2, 0.25) is 10.0 Å². The molecule has 0 atom stereocenters. The summed E-state index contributed by atoms with van der Waals surface area (Å²) in [6, 6.07) is 10.3. The molecule has 100 valence electrons. The van der Waals surface area contributed by atoms with E-state index in [4.69, 9.17) is 27.9 Å². The Morgan fingerprint density at radius 1 is 1.05 bits per heavy atom. The molecule has 1 nitrogen and oxygen atoms in total. The molecular formula is C15H13Cl2FO. The van der Waals surface area contributed by atoms with Crippen LogP contribution in [0, 0.1) is 12.7 Å². The lowest BCUT2D eigenvalue weighted by atomic mass is 10.2. The molecular weight excluding hydrogens is 286 g/mol. The van der Waals surface area contributed by atoms with Crippen molar-refractivity contribution in [3.8, 4) is 5.75 Å². The monoisotopic (exact) mass is 298 g/mol. The minimum Gasteiger partial charge on any atom is -0.493 e. The quantitative estimate of drug-likeness (QED) is 0.766. The van der Waals surface area contributed by atoms with Crippen LogP contribution < -0.4 is 4.74 Å². The minimum atomic E-state index is -0.257. The standard InChI is InChI=1S/C15H13Cl2FO/c1-10-2-4-12(9-15(10)18)19-7-6-11-3-5-13(16)14(17)8-11/h2-5,8-9H,6-7H2,1H3. The molecule has 19 heavy (non-hydrogen) atoms. The summed E-state index contributed by atoms with van der Waals surface area (Å²) in [6.45, 7) is 2.18. The highest BCUT2D eigenvalue weighted by molar-refractivity contribution is 6.42. The van der Waals surface area contributed by atoms with Gasteiger partial charge >= 0.3 is 0 Å². The Kier molecular flexibility index (Phi) is 4.67. The lowest BCUT2D eigenvalue weighted by Crippen LogP contribution is -2.01. The Morgan fingerprint density at radius 2 is 1.84 bits per heavy atom. The third kappa shape index (κ3) is 3.85. The van der Waals surface area contributed by atoms with E-state index in [1.165, 1.54) is 6.07 Å². The predicted molar refractivity (Wildman–Crippen MR) is 76.8 cm³/mol. The third-order valence-electron chi connectivity index (χ3n) is 2.79. The predicted octanol–water partition coefficient (Wildman–Crippen LogP) is 5.06. The van der Waals surface area contributed by atoms with Gasteiger partial charge in [-0.3, -0.25) is 0 Å². The van der Waals surface area contributed by atoms with E-state index in [0.717, 1.165) is 5.56 Å². The van der Waals surface area contributed by atoms with Crippen molar-refractivity contribution in [2.24, 2.45) is 0 Å². The van der Waals surface area contributed by atoms with Crippen molar-refractivity contribution in [2.75, 3.05) is 6.61 Å². The van der Waals surface area contributed by atoms with E-state index in [9.17, 15) is 4.39 Å². The van der Waals surface area contributed by atoms with E-state index >= 15 is 0 Å². The molecule has 0 aliphatic carbocycles. The molecule has 0 saturated carbocycles. The summed E-state index contributed by atoms with van der Waals surface area (Å²) in [5, 5.41) is 1.06. The van der Waals surface area contributed by atoms with Gasteiger partial charge in [0.25, 0.3) is 0 Å². The van der Waals surface area contributed by atoms with Crippen LogP contribution in [-0.4, -0.2) is 6.61 Å². The topological polar surface area (TPSA) is 9.23 Å². The maximum absolute atomic E-state index is 13.3. The molecule has 0 radical (unpaired) electrons. The number of aryl methyl sites for hydroxylation is 1. The Balaban J connectivity index is 1.92. The molecule has 0 amide bonds. The lowest BCUT2D eigenvalue weighted by molar-refractivity contribution is 0.320. The Hall–Kier alpha value is -1.25. The molecule has 2 aromatic carbocycles. The zero-order valence-electron chi connectivity index (χ0n) is 10.4. The van der Waals surface area contributed by atoms with Crippen LogP contribution in [0.4, 0.5) is 4.39 Å². The first-order valence-corrected chi connectivity index (χ1v) is 6.65. The van der Waals surface area contributed by atoms with Gasteiger partial charge in [0.05, 0.1) is 16.7 Å². The fourth-order valence-electron chi connectivity index (χ4n) is 1.65. The number of ether oxygens (including phenoxy) is 1. The normalized spacial score (nSPS) is 10.5. The lowest BCUT2D eigenvalue weighted by Gasteiger charge is -2.08. The smallest absolute Gasteiger partial charge is 0.129 e. The second-order valence-corrected chi connectivity index (χ2v) is 5.07. The fraction of sp³-hybridized carbons (Fsp3) is 0.200. The number of halogens is 3. The van der Waals surface area contributed by atoms with Crippen LogP contribution in [0.25, 0.3) is 0 Å². The first-order valence-electron chi connectivity index (χ1n) is 5.89. The highest BCUT2D eigenvalue weighted by Crippen LogP contribution is 2.23. The molecule has 0 aliphatic rings. The van der Waals surface area contributed by atoms with E-state index in [1.54, 1.807) is 25.1 Å². The first kappa shape index (κ1) is 14.2. The van der Waals surface area contributed by atoms with Crippen molar-refractivity contribution in [3.63, 3.8) is 0 Å². The maximum Gasteiger partial charge on any atom is 0.129 e. The van der Waals surface area contributed by atoms with Crippen molar-refractivity contribution in [1.82, 2.24) is 0 Å². The van der Waals surface area contributed by atoms with E-state index in [-0.39, 0.29) is 5.82 Å². The highest BCUT2D eigenvalue weighted by Gasteiger charge is 2.02. The fourth-order valence-corrected chi connectivity index (χ4v) is 1.97. The zero-order chi connectivity index (χ0) is 13.8. The summed E-state index contributed by atoms with van der Waals surface area (Å²) in [5.41, 5.74) is 1.64. The summed E-state index contributed by atoms with van der Waals surface area (Å²) in [4.78, 5) is 0. The molecule has 0 aromatic heterocycles. The second kappa shape index (κ2) is 6.27. The molecule has 0 bridgehead atoms. The second-order valence-electron chi connectivity index (χ2n) is 4.26. The summed E-state index contributed by atoms with van der Waals surface area (Å²) in [6.07, 6.45) is 0.687. The summed E-state index contributed by atoms with van der Waals surface area (Å²) >= 11 is 11.8. The Morgan fingerprint density at radius 3 is 2.53 bits per heavy atom. The van der Waals surface area contributed by atoms with E-state index in [2.05, 4.69) is 0 Å². The molecule has 0 aliphatic heterocycles. The summed E-state index contributed by atoms with van der Waals surface area (Å²) < 4.78 is 18.8. The number of benzene rings is 2. The zero-order valence-corrected chi connectivity index (χ0v) is 11.9. The van der Waals surface area contributed by atoms with Gasteiger partial charge < -0.3 is 4.74 Å². The molecule has 0 heterocycles. The molecule has 0 unspecified atom stereocenters. The van der Waals surface area contributed by atoms with Gasteiger partial charge in [0.1, 0.15) is 11.6 Å². The van der Waals surface area contributed by atoms with Gasteiger partial charge in [-0.1, -0.05) is 35.3 Å². The van der Waals surface area contributed by atoms with Crippen LogP contribution in [0.1, 0.15) is 11.1 Å². The minimum absolute atomic E-state index is 0.257. The van der Waals surface area contributed by atoms with Crippen molar-refractivity contribution in [2.45, 2.75) is 13.3 Å². The molecule has 2 aromatic rings. The maximum atomic E-state index is 13.3. The van der Waals surface area contributed by atoms with Crippen molar-refractivity contribution in [3.05, 3.63) is 63.4 Å². The first-order chi connectivity index (χ1) is 9.06. The van der Waals surface area contributed by atoms with Gasteiger partial charge in [-0.2, -0.15) is 0 Å². The van der Waals surface area contributed by atoms with Crippen molar-refractivity contribution in [1.29, 1.82) is 0 Å². The van der Waals surface area contributed by atoms with Gasteiger partial charge in [-0.15, -0.1) is 0 Å². The molecule has 4 heteroatoms. The number of rotatable bonds is 4. The number of hydrogen-bond acceptors (Lipinski definition) is 1. The molecule has 0 saturated heterocycles. The van der Waals surface area contributed by atoms with Crippen LogP contribution in [-0.2, 0) is 6.42 Å². The largest absolute Gasteiger partial charge is 0.493 e. The van der Waals surface area contributed by atoms with Gasteiger partial charge in [-0.05, 0) is 36.2 Å².